The van der Waals surface area contributed by atoms with Gasteiger partial charge in [-0.25, -0.2) is 4.98 Å². The van der Waals surface area contributed by atoms with Gasteiger partial charge in [0.05, 0.1) is 10.9 Å². The van der Waals surface area contributed by atoms with Crippen molar-refractivity contribution in [1.82, 2.24) is 9.97 Å². The fourth-order valence-corrected chi connectivity index (χ4v) is 4.52. The summed E-state index contributed by atoms with van der Waals surface area (Å²) in [5, 5.41) is 2.95. The summed E-state index contributed by atoms with van der Waals surface area (Å²) in [7, 11) is 0. The van der Waals surface area contributed by atoms with Crippen LogP contribution in [-0.2, 0) is 16.3 Å². The van der Waals surface area contributed by atoms with Gasteiger partial charge in [-0.2, -0.15) is 11.8 Å². The second kappa shape index (κ2) is 8.09. The number of anilines is 1. The quantitative estimate of drug-likeness (QED) is 0.448. The van der Waals surface area contributed by atoms with Gasteiger partial charge in [0, 0.05) is 28.3 Å². The highest BCUT2D eigenvalue weighted by Crippen LogP contribution is 2.29. The SMILES string of the molecule is CCC(Sc1nc2c(c(=O)[nH]1)CSC2)C(=O)Nc1ccc(C(C)=O)cc1. The van der Waals surface area contributed by atoms with Gasteiger partial charge in [-0.05, 0) is 37.6 Å². The Hall–Kier alpha value is -2.06. The molecule has 136 valence electrons. The van der Waals surface area contributed by atoms with Crippen LogP contribution in [0.3, 0.4) is 0 Å². The van der Waals surface area contributed by atoms with Crippen LogP contribution in [0.2, 0.25) is 0 Å². The Morgan fingerprint density at radius 2 is 2.04 bits per heavy atom. The zero-order valence-electron chi connectivity index (χ0n) is 14.5. The third kappa shape index (κ3) is 4.19. The summed E-state index contributed by atoms with van der Waals surface area (Å²) < 4.78 is 0. The standard InChI is InChI=1S/C18H19N3O3S2/c1-3-15(17(24)19-12-6-4-11(5-7-12)10(2)22)26-18-20-14-9-25-8-13(14)16(23)21-18/h4-7,15H,3,8-9H2,1-2H3,(H,19,24)(H,20,21,23). The van der Waals surface area contributed by atoms with Gasteiger partial charge in [-0.15, -0.1) is 0 Å². The van der Waals surface area contributed by atoms with Crippen LogP contribution in [-0.4, -0.2) is 26.9 Å². The van der Waals surface area contributed by atoms with Crippen molar-refractivity contribution in [1.29, 1.82) is 0 Å². The largest absolute Gasteiger partial charge is 0.325 e. The summed E-state index contributed by atoms with van der Waals surface area (Å²) in [4.78, 5) is 43.2. The lowest BCUT2D eigenvalue weighted by Gasteiger charge is -2.14. The molecule has 0 fully saturated rings. The second-order valence-corrected chi connectivity index (χ2v) is 8.10. The first kappa shape index (κ1) is 18.7. The van der Waals surface area contributed by atoms with Crippen LogP contribution in [0.5, 0.6) is 0 Å². The first-order valence-electron chi connectivity index (χ1n) is 8.26. The minimum Gasteiger partial charge on any atom is -0.325 e. The molecule has 3 rings (SSSR count). The number of aromatic amines is 1. The van der Waals surface area contributed by atoms with E-state index in [2.05, 4.69) is 15.3 Å². The molecule has 1 aliphatic rings. The van der Waals surface area contributed by atoms with Gasteiger partial charge in [0.25, 0.3) is 5.56 Å². The van der Waals surface area contributed by atoms with Crippen molar-refractivity contribution < 1.29 is 9.59 Å². The molecule has 0 bridgehead atoms. The number of hydrogen-bond donors (Lipinski definition) is 2. The average Bonchev–Trinajstić information content (AvgIpc) is 3.09. The van der Waals surface area contributed by atoms with E-state index in [9.17, 15) is 14.4 Å². The number of rotatable bonds is 6. The predicted octanol–water partition coefficient (Wildman–Crippen LogP) is 3.23. The monoisotopic (exact) mass is 389 g/mol. The maximum Gasteiger partial charge on any atom is 0.255 e. The van der Waals surface area contributed by atoms with Gasteiger partial charge in [-0.3, -0.25) is 14.4 Å². The molecule has 1 unspecified atom stereocenters. The van der Waals surface area contributed by atoms with E-state index in [1.54, 1.807) is 36.0 Å². The van der Waals surface area contributed by atoms with Crippen LogP contribution in [0.25, 0.3) is 0 Å². The van der Waals surface area contributed by atoms with Crippen LogP contribution < -0.4 is 10.9 Å². The summed E-state index contributed by atoms with van der Waals surface area (Å²) in [5.74, 6) is 1.25. The zero-order valence-corrected chi connectivity index (χ0v) is 16.1. The molecule has 1 amide bonds. The molecule has 0 radical (unpaired) electrons. The number of amides is 1. The number of thioether (sulfide) groups is 2. The van der Waals surface area contributed by atoms with Crippen molar-refractivity contribution in [2.24, 2.45) is 0 Å². The topological polar surface area (TPSA) is 91.9 Å². The van der Waals surface area contributed by atoms with Gasteiger partial charge in [-0.1, -0.05) is 18.7 Å². The molecule has 2 N–H and O–H groups in total. The van der Waals surface area contributed by atoms with Crippen LogP contribution in [0.1, 0.15) is 41.9 Å². The lowest BCUT2D eigenvalue weighted by atomic mass is 10.1. The first-order chi connectivity index (χ1) is 12.5. The number of fused-ring (bicyclic) bond motifs is 1. The molecule has 0 saturated heterocycles. The molecular weight excluding hydrogens is 370 g/mol. The number of carbonyl (C=O) groups is 2. The third-order valence-corrected chi connectivity index (χ3v) is 6.26. The summed E-state index contributed by atoms with van der Waals surface area (Å²) in [6.07, 6.45) is 0.595. The molecule has 26 heavy (non-hydrogen) atoms. The molecule has 1 aromatic carbocycles. The van der Waals surface area contributed by atoms with Crippen LogP contribution in [0.15, 0.2) is 34.2 Å². The van der Waals surface area contributed by atoms with Gasteiger partial charge < -0.3 is 10.3 Å². The van der Waals surface area contributed by atoms with E-state index in [-0.39, 0.29) is 22.5 Å². The Kier molecular flexibility index (Phi) is 5.83. The molecule has 2 aromatic rings. The Labute approximate surface area is 159 Å². The fraction of sp³-hybridized carbons (Fsp3) is 0.333. The molecule has 0 aliphatic carbocycles. The maximum absolute atomic E-state index is 12.6. The van der Waals surface area contributed by atoms with Gasteiger partial charge in [0.1, 0.15) is 0 Å². The van der Waals surface area contributed by atoms with E-state index < -0.39 is 0 Å². The first-order valence-corrected chi connectivity index (χ1v) is 10.3. The fourth-order valence-electron chi connectivity index (χ4n) is 2.56. The predicted molar refractivity (Wildman–Crippen MR) is 105 cm³/mol. The molecule has 1 aromatic heterocycles. The van der Waals surface area contributed by atoms with E-state index in [1.165, 1.54) is 18.7 Å². The molecule has 0 saturated carbocycles. The summed E-state index contributed by atoms with van der Waals surface area (Å²) in [6.45, 7) is 3.41. The Morgan fingerprint density at radius 3 is 2.69 bits per heavy atom. The number of Topliss-reactive ketones (excluding diaryl/α,β-unsaturated/α-hetero) is 1. The second-order valence-electron chi connectivity index (χ2n) is 5.93. The number of hydrogen-bond acceptors (Lipinski definition) is 6. The van der Waals surface area contributed by atoms with E-state index in [4.69, 9.17) is 0 Å². The molecule has 6 nitrogen and oxygen atoms in total. The maximum atomic E-state index is 12.6. The molecule has 1 aliphatic heterocycles. The Balaban J connectivity index is 1.70. The lowest BCUT2D eigenvalue weighted by molar-refractivity contribution is -0.115. The molecule has 8 heteroatoms. The van der Waals surface area contributed by atoms with E-state index in [1.807, 2.05) is 6.92 Å². The van der Waals surface area contributed by atoms with Crippen molar-refractivity contribution in [3.63, 3.8) is 0 Å². The Morgan fingerprint density at radius 1 is 1.31 bits per heavy atom. The van der Waals surface area contributed by atoms with E-state index in [0.29, 0.717) is 28.6 Å². The van der Waals surface area contributed by atoms with Crippen molar-refractivity contribution in [3.8, 4) is 0 Å². The number of nitrogens with one attached hydrogen (secondary N) is 2. The summed E-state index contributed by atoms with van der Waals surface area (Å²) in [5.41, 5.74) is 2.67. The number of aromatic nitrogens is 2. The highest BCUT2D eigenvalue weighted by atomic mass is 32.2. The summed E-state index contributed by atoms with van der Waals surface area (Å²) in [6, 6.07) is 6.78. The zero-order chi connectivity index (χ0) is 18.7. The van der Waals surface area contributed by atoms with Crippen molar-refractivity contribution in [2.75, 3.05) is 5.32 Å². The molecular formula is C18H19N3O3S2. The van der Waals surface area contributed by atoms with Crippen LogP contribution in [0.4, 0.5) is 5.69 Å². The van der Waals surface area contributed by atoms with Crippen molar-refractivity contribution in [3.05, 3.63) is 51.4 Å². The van der Waals surface area contributed by atoms with Gasteiger partial charge in [0.2, 0.25) is 5.91 Å². The highest BCUT2D eigenvalue weighted by Gasteiger charge is 2.22. The average molecular weight is 390 g/mol. The normalized spacial score (nSPS) is 13.9. The number of benzene rings is 1. The smallest absolute Gasteiger partial charge is 0.255 e. The van der Waals surface area contributed by atoms with Crippen LogP contribution >= 0.6 is 23.5 Å². The number of nitrogens with zero attached hydrogens (tertiary/aromatic N) is 1. The Bertz CT molecular complexity index is 894. The molecule has 0 spiro atoms. The molecule has 2 heterocycles. The number of carbonyl (C=O) groups excluding carboxylic acids is 2. The van der Waals surface area contributed by atoms with Crippen molar-refractivity contribution in [2.45, 2.75) is 42.2 Å². The minimum absolute atomic E-state index is 0.0188. The number of H-pyrrole nitrogens is 1. The van der Waals surface area contributed by atoms with Gasteiger partial charge in [0.15, 0.2) is 10.9 Å². The lowest BCUT2D eigenvalue weighted by Crippen LogP contribution is -2.25. The van der Waals surface area contributed by atoms with Crippen LogP contribution in [0, 0.1) is 0 Å². The molecule has 1 atom stereocenters. The van der Waals surface area contributed by atoms with E-state index >= 15 is 0 Å². The van der Waals surface area contributed by atoms with E-state index in [0.717, 1.165) is 17.0 Å². The number of ketones is 1. The summed E-state index contributed by atoms with van der Waals surface area (Å²) >= 11 is 2.93. The highest BCUT2D eigenvalue weighted by molar-refractivity contribution is 8.00. The van der Waals surface area contributed by atoms with Crippen molar-refractivity contribution >= 4 is 40.9 Å². The minimum atomic E-state index is -0.377. The third-order valence-electron chi connectivity index (χ3n) is 4.04. The van der Waals surface area contributed by atoms with Gasteiger partial charge >= 0.3 is 0 Å².